The smallest absolute Gasteiger partial charge is 0.255 e. The molecule has 0 saturated carbocycles. The summed E-state index contributed by atoms with van der Waals surface area (Å²) in [6, 6.07) is 4.97. The fraction of sp³-hybridized carbons (Fsp3) is 0.421. The molecule has 0 spiro atoms. The van der Waals surface area contributed by atoms with Gasteiger partial charge < -0.3 is 4.90 Å². The average Bonchev–Trinajstić information content (AvgIpc) is 3.19. The second-order valence-corrected chi connectivity index (χ2v) is 7.49. The molecule has 8 heteroatoms. The number of piperidine rings is 1. The maximum Gasteiger partial charge on any atom is 0.255 e. The predicted octanol–water partition coefficient (Wildman–Crippen LogP) is 1.23. The van der Waals surface area contributed by atoms with Gasteiger partial charge in [-0.25, -0.2) is 4.68 Å². The second kappa shape index (κ2) is 6.61. The van der Waals surface area contributed by atoms with Crippen LogP contribution in [0.15, 0.2) is 24.4 Å². The van der Waals surface area contributed by atoms with Gasteiger partial charge in [-0.1, -0.05) is 25.1 Å². The maximum absolute atomic E-state index is 12.9. The number of fused-ring (bicyclic) bond motifs is 1. The molecule has 4 rings (SSSR count). The Labute approximate surface area is 156 Å². The highest BCUT2D eigenvalue weighted by atomic mass is 16.2. The van der Waals surface area contributed by atoms with E-state index in [1.165, 1.54) is 0 Å². The second-order valence-electron chi connectivity index (χ2n) is 7.49. The summed E-state index contributed by atoms with van der Waals surface area (Å²) < 4.78 is 1.67. The van der Waals surface area contributed by atoms with Gasteiger partial charge in [0.1, 0.15) is 6.04 Å². The summed E-state index contributed by atoms with van der Waals surface area (Å²) in [4.78, 5) is 37.9. The molecule has 1 saturated heterocycles. The number of hydrogen-bond acceptors (Lipinski definition) is 5. The van der Waals surface area contributed by atoms with E-state index in [2.05, 4.69) is 29.5 Å². The molecule has 140 valence electrons. The standard InChI is InChI=1S/C19H21N5O3/c1-11(2)7-13-10-24(22-21-13)14-4-3-12-9-23(19(27)15(12)8-14)16-5-6-17(25)20-18(16)26/h3-4,8,10-11,16H,5-7,9H2,1-2H3,(H,20,25,26). The first-order valence-electron chi connectivity index (χ1n) is 9.11. The van der Waals surface area contributed by atoms with Gasteiger partial charge >= 0.3 is 0 Å². The van der Waals surface area contributed by atoms with Gasteiger partial charge in [0, 0.05) is 18.5 Å². The third-order valence-corrected chi connectivity index (χ3v) is 4.93. The van der Waals surface area contributed by atoms with Gasteiger partial charge in [-0.15, -0.1) is 5.10 Å². The molecule has 1 atom stereocenters. The van der Waals surface area contributed by atoms with Crippen LogP contribution in [0.3, 0.4) is 0 Å². The monoisotopic (exact) mass is 367 g/mol. The average molecular weight is 367 g/mol. The number of imide groups is 1. The Morgan fingerprint density at radius 2 is 2.07 bits per heavy atom. The van der Waals surface area contributed by atoms with Crippen molar-refractivity contribution in [2.75, 3.05) is 0 Å². The van der Waals surface area contributed by atoms with Gasteiger partial charge in [-0.2, -0.15) is 0 Å². The quantitative estimate of drug-likeness (QED) is 0.820. The summed E-state index contributed by atoms with van der Waals surface area (Å²) in [5, 5.41) is 10.7. The van der Waals surface area contributed by atoms with Crippen LogP contribution >= 0.6 is 0 Å². The molecule has 1 N–H and O–H groups in total. The van der Waals surface area contributed by atoms with Crippen LogP contribution in [-0.4, -0.2) is 43.7 Å². The number of amides is 3. The van der Waals surface area contributed by atoms with Crippen LogP contribution in [0.5, 0.6) is 0 Å². The van der Waals surface area contributed by atoms with Crippen LogP contribution in [0.2, 0.25) is 0 Å². The molecule has 3 amide bonds. The summed E-state index contributed by atoms with van der Waals surface area (Å²) in [5.41, 5.74) is 3.10. The number of aromatic nitrogens is 3. The number of benzene rings is 1. The fourth-order valence-electron chi connectivity index (χ4n) is 3.62. The summed E-state index contributed by atoms with van der Waals surface area (Å²) in [7, 11) is 0. The third kappa shape index (κ3) is 3.22. The minimum Gasteiger partial charge on any atom is -0.322 e. The van der Waals surface area contributed by atoms with Crippen molar-refractivity contribution < 1.29 is 14.4 Å². The lowest BCUT2D eigenvalue weighted by atomic mass is 10.0. The van der Waals surface area contributed by atoms with Crippen molar-refractivity contribution in [2.24, 2.45) is 5.92 Å². The largest absolute Gasteiger partial charge is 0.322 e. The van der Waals surface area contributed by atoms with Gasteiger partial charge in [-0.05, 0) is 36.5 Å². The number of nitrogens with one attached hydrogen (secondary N) is 1. The zero-order chi connectivity index (χ0) is 19.1. The molecule has 2 aromatic rings. The lowest BCUT2D eigenvalue weighted by Crippen LogP contribution is -2.52. The zero-order valence-corrected chi connectivity index (χ0v) is 15.3. The van der Waals surface area contributed by atoms with E-state index in [1.807, 2.05) is 18.3 Å². The Bertz CT molecular complexity index is 933. The highest BCUT2D eigenvalue weighted by Gasteiger charge is 2.39. The molecule has 1 unspecified atom stereocenters. The lowest BCUT2D eigenvalue weighted by Gasteiger charge is -2.29. The molecule has 0 aliphatic carbocycles. The Kier molecular flexibility index (Phi) is 4.25. The zero-order valence-electron chi connectivity index (χ0n) is 15.3. The number of rotatable bonds is 4. The molecule has 0 radical (unpaired) electrons. The number of hydrogen-bond donors (Lipinski definition) is 1. The molecule has 1 aromatic carbocycles. The molecule has 1 fully saturated rings. The molecule has 3 heterocycles. The molecular formula is C19H21N5O3. The molecule has 1 aromatic heterocycles. The van der Waals surface area contributed by atoms with E-state index in [4.69, 9.17) is 0 Å². The number of carbonyl (C=O) groups is 3. The summed E-state index contributed by atoms with van der Waals surface area (Å²) in [5.74, 6) is -0.393. The maximum atomic E-state index is 12.9. The van der Waals surface area contributed by atoms with E-state index in [1.54, 1.807) is 15.6 Å². The van der Waals surface area contributed by atoms with Crippen LogP contribution in [0.1, 0.15) is 48.3 Å². The van der Waals surface area contributed by atoms with Crippen LogP contribution < -0.4 is 5.32 Å². The summed E-state index contributed by atoms with van der Waals surface area (Å²) in [6.07, 6.45) is 3.32. The first-order chi connectivity index (χ1) is 12.9. The van der Waals surface area contributed by atoms with Gasteiger partial charge in [0.15, 0.2) is 0 Å². The topological polar surface area (TPSA) is 97.2 Å². The Morgan fingerprint density at radius 1 is 1.26 bits per heavy atom. The van der Waals surface area contributed by atoms with Crippen molar-refractivity contribution >= 4 is 17.7 Å². The van der Waals surface area contributed by atoms with Gasteiger partial charge in [-0.3, -0.25) is 19.7 Å². The van der Waals surface area contributed by atoms with Crippen LogP contribution in [-0.2, 0) is 22.6 Å². The van der Waals surface area contributed by atoms with Gasteiger partial charge in [0.25, 0.3) is 5.91 Å². The number of carbonyl (C=O) groups excluding carboxylic acids is 3. The molecule has 27 heavy (non-hydrogen) atoms. The van der Waals surface area contributed by atoms with Crippen molar-refractivity contribution in [3.8, 4) is 5.69 Å². The Balaban J connectivity index is 1.57. The fourth-order valence-corrected chi connectivity index (χ4v) is 3.62. The summed E-state index contributed by atoms with van der Waals surface area (Å²) >= 11 is 0. The highest BCUT2D eigenvalue weighted by Crippen LogP contribution is 2.29. The van der Waals surface area contributed by atoms with E-state index in [0.29, 0.717) is 24.4 Å². The van der Waals surface area contributed by atoms with Crippen LogP contribution in [0.25, 0.3) is 5.69 Å². The normalized spacial score (nSPS) is 19.6. The molecule has 2 aliphatic rings. The van der Waals surface area contributed by atoms with E-state index >= 15 is 0 Å². The van der Waals surface area contributed by atoms with Crippen LogP contribution in [0, 0.1) is 5.92 Å². The van der Waals surface area contributed by atoms with E-state index in [-0.39, 0.29) is 18.2 Å². The molecule has 2 aliphatic heterocycles. The van der Waals surface area contributed by atoms with Crippen molar-refractivity contribution in [3.05, 3.63) is 41.2 Å². The first-order valence-corrected chi connectivity index (χ1v) is 9.11. The van der Waals surface area contributed by atoms with Gasteiger partial charge in [0.05, 0.1) is 17.6 Å². The Hall–Kier alpha value is -3.03. The molecular weight excluding hydrogens is 346 g/mol. The third-order valence-electron chi connectivity index (χ3n) is 4.93. The molecule has 0 bridgehead atoms. The van der Waals surface area contributed by atoms with E-state index in [9.17, 15) is 14.4 Å². The minimum absolute atomic E-state index is 0.191. The SMILES string of the molecule is CC(C)Cc1cn(-c2ccc3c(c2)C(=O)N(C2CCC(=O)NC2=O)C3)nn1. The Morgan fingerprint density at radius 3 is 2.81 bits per heavy atom. The highest BCUT2D eigenvalue weighted by molar-refractivity contribution is 6.05. The summed E-state index contributed by atoms with van der Waals surface area (Å²) in [6.45, 7) is 4.62. The lowest BCUT2D eigenvalue weighted by molar-refractivity contribution is -0.136. The minimum atomic E-state index is -0.602. The molecule has 8 nitrogen and oxygen atoms in total. The van der Waals surface area contributed by atoms with E-state index < -0.39 is 11.9 Å². The van der Waals surface area contributed by atoms with Crippen molar-refractivity contribution in [3.63, 3.8) is 0 Å². The van der Waals surface area contributed by atoms with Crippen molar-refractivity contribution in [1.82, 2.24) is 25.2 Å². The van der Waals surface area contributed by atoms with Crippen LogP contribution in [0.4, 0.5) is 0 Å². The number of nitrogens with zero attached hydrogens (tertiary/aromatic N) is 4. The predicted molar refractivity (Wildman–Crippen MR) is 95.9 cm³/mol. The van der Waals surface area contributed by atoms with Gasteiger partial charge in [0.2, 0.25) is 11.8 Å². The van der Waals surface area contributed by atoms with Crippen molar-refractivity contribution in [1.29, 1.82) is 0 Å². The van der Waals surface area contributed by atoms with Crippen molar-refractivity contribution in [2.45, 2.75) is 45.7 Å². The first kappa shape index (κ1) is 17.4. The van der Waals surface area contributed by atoms with E-state index in [0.717, 1.165) is 23.4 Å².